The third kappa shape index (κ3) is 13.5. The average Bonchev–Trinajstić information content (AvgIpc) is 3.11. The number of hydrogen-bond donors (Lipinski definition) is 2. The Kier molecular flexibility index (Phi) is 14.9. The molecule has 2 heterocycles. The quantitative estimate of drug-likeness (QED) is 0.402. The number of hydrogen-bond acceptors (Lipinski definition) is 10. The Morgan fingerprint density at radius 3 is 1.36 bits per heavy atom. The van der Waals surface area contributed by atoms with Crippen molar-refractivity contribution in [1.82, 2.24) is 24.9 Å². The van der Waals surface area contributed by atoms with Gasteiger partial charge in [-0.3, -0.25) is 14.6 Å². The minimum Gasteiger partial charge on any atom is -0.480 e. The number of piperazine rings is 2. The van der Waals surface area contributed by atoms with Crippen LogP contribution < -0.4 is 5.32 Å². The summed E-state index contributed by atoms with van der Waals surface area (Å²) in [5.41, 5.74) is 0.311. The van der Waals surface area contributed by atoms with Crippen LogP contribution in [0.4, 0.5) is 19.2 Å². The van der Waals surface area contributed by atoms with Crippen LogP contribution in [0, 0.1) is 0 Å². The van der Waals surface area contributed by atoms with E-state index in [2.05, 4.69) is 5.32 Å². The number of rotatable bonds is 6. The van der Waals surface area contributed by atoms with E-state index in [1.807, 2.05) is 60.7 Å². The molecule has 0 saturated carbocycles. The second-order valence-electron chi connectivity index (χ2n) is 14.3. The number of carbonyl (C=O) groups excluding carboxylic acids is 5. The maximum atomic E-state index is 12.4. The summed E-state index contributed by atoms with van der Waals surface area (Å²) in [4.78, 5) is 78.3. The van der Waals surface area contributed by atoms with E-state index in [9.17, 15) is 33.9 Å². The zero-order valence-electron chi connectivity index (χ0n) is 31.4. The Morgan fingerprint density at radius 2 is 1.00 bits per heavy atom. The van der Waals surface area contributed by atoms with Crippen molar-refractivity contribution in [2.45, 2.75) is 78.0 Å². The zero-order chi connectivity index (χ0) is 39.3. The molecule has 0 bridgehead atoms. The smallest absolute Gasteiger partial charge is 0.411 e. The van der Waals surface area contributed by atoms with Crippen molar-refractivity contribution in [2.24, 2.45) is 0 Å². The van der Waals surface area contributed by atoms with Crippen LogP contribution in [0.2, 0.25) is 0 Å². The molecule has 2 aliphatic heterocycles. The third-order valence-corrected chi connectivity index (χ3v) is 7.78. The molecular formula is C37H51N5O11. The molecule has 16 heteroatoms. The lowest BCUT2D eigenvalue weighted by Crippen LogP contribution is -2.61. The Labute approximate surface area is 309 Å². The molecule has 0 spiro atoms. The van der Waals surface area contributed by atoms with E-state index in [1.54, 1.807) is 41.5 Å². The van der Waals surface area contributed by atoms with Gasteiger partial charge < -0.3 is 39.2 Å². The van der Waals surface area contributed by atoms with Crippen LogP contribution in [-0.4, -0.2) is 131 Å². The van der Waals surface area contributed by atoms with Gasteiger partial charge in [-0.2, -0.15) is 0 Å². The first kappa shape index (κ1) is 41.9. The van der Waals surface area contributed by atoms with E-state index in [-0.39, 0.29) is 58.4 Å². The highest BCUT2D eigenvalue weighted by molar-refractivity contribution is 5.87. The Bertz CT molecular complexity index is 1560. The third-order valence-electron chi connectivity index (χ3n) is 7.78. The molecule has 2 saturated heterocycles. The lowest BCUT2D eigenvalue weighted by atomic mass is 10.1. The normalized spacial score (nSPS) is 17.4. The minimum atomic E-state index is -1.20. The Balaban J connectivity index is 0.000000286. The summed E-state index contributed by atoms with van der Waals surface area (Å²) in [5, 5.41) is 12.0. The second kappa shape index (κ2) is 18.8. The summed E-state index contributed by atoms with van der Waals surface area (Å²) in [6.45, 7) is 11.2. The monoisotopic (exact) mass is 741 g/mol. The van der Waals surface area contributed by atoms with Gasteiger partial charge in [0.2, 0.25) is 5.91 Å². The van der Waals surface area contributed by atoms with Crippen molar-refractivity contribution in [1.29, 1.82) is 0 Å². The van der Waals surface area contributed by atoms with Gasteiger partial charge in [-0.05, 0) is 52.7 Å². The highest BCUT2D eigenvalue weighted by Crippen LogP contribution is 2.19. The average molecular weight is 742 g/mol. The maximum Gasteiger partial charge on any atom is 0.411 e. The van der Waals surface area contributed by atoms with Crippen molar-refractivity contribution in [3.05, 3.63) is 71.8 Å². The molecule has 0 radical (unpaired) electrons. The van der Waals surface area contributed by atoms with Crippen LogP contribution in [0.3, 0.4) is 0 Å². The van der Waals surface area contributed by atoms with E-state index in [4.69, 9.17) is 18.9 Å². The van der Waals surface area contributed by atoms with Gasteiger partial charge in [0.1, 0.15) is 30.5 Å². The van der Waals surface area contributed by atoms with E-state index in [1.165, 1.54) is 21.7 Å². The van der Waals surface area contributed by atoms with Crippen LogP contribution >= 0.6 is 0 Å². The van der Waals surface area contributed by atoms with Gasteiger partial charge in [-0.1, -0.05) is 60.7 Å². The number of nitrogens with one attached hydrogen (secondary N) is 1. The van der Waals surface area contributed by atoms with E-state index in [0.29, 0.717) is 0 Å². The molecule has 2 atom stereocenters. The zero-order valence-corrected chi connectivity index (χ0v) is 31.4. The molecule has 2 aromatic carbocycles. The number of carboxylic acids is 1. The first-order valence-electron chi connectivity index (χ1n) is 17.2. The van der Waals surface area contributed by atoms with Crippen molar-refractivity contribution in [3.8, 4) is 0 Å². The van der Waals surface area contributed by atoms with E-state index >= 15 is 0 Å². The molecule has 2 aromatic rings. The van der Waals surface area contributed by atoms with Crippen LogP contribution in [0.5, 0.6) is 0 Å². The molecule has 4 rings (SSSR count). The van der Waals surface area contributed by atoms with Gasteiger partial charge in [0.15, 0.2) is 6.04 Å². The van der Waals surface area contributed by atoms with Gasteiger partial charge in [0, 0.05) is 33.2 Å². The standard InChI is InChI=1S/C19H27N3O5.C18H24N2O6/c1-19(2,3)27-18(25)22-11-10-21(12-15(22)16(23)20-4)17(24)26-13-14-8-6-5-7-9-14;1-18(2,3)26-17(24)20-10-9-19(11-14(20)15(21)22)16(23)25-12-13-7-5-4-6-8-13/h5-9,15H,10-13H2,1-4H3,(H,20,23);4-8,14H,9-12H2,1-3H3,(H,21,22). The summed E-state index contributed by atoms with van der Waals surface area (Å²) >= 11 is 0. The minimum absolute atomic E-state index is 0.0482. The predicted octanol–water partition coefficient (Wildman–Crippen LogP) is 4.32. The van der Waals surface area contributed by atoms with E-state index < -0.39 is 53.6 Å². The molecule has 290 valence electrons. The summed E-state index contributed by atoms with van der Waals surface area (Å²) in [6.07, 6.45) is -2.41. The van der Waals surface area contributed by atoms with Crippen molar-refractivity contribution in [3.63, 3.8) is 0 Å². The summed E-state index contributed by atoms with van der Waals surface area (Å²) in [5.74, 6) is -1.56. The number of carboxylic acid groups (broad SMARTS) is 1. The number of amides is 5. The fraction of sp³-hybridized carbons (Fsp3) is 0.514. The number of carbonyl (C=O) groups is 6. The van der Waals surface area contributed by atoms with Crippen molar-refractivity contribution in [2.75, 3.05) is 46.3 Å². The maximum absolute atomic E-state index is 12.4. The summed E-state index contributed by atoms with van der Waals surface area (Å²) < 4.78 is 21.2. The largest absolute Gasteiger partial charge is 0.480 e. The highest BCUT2D eigenvalue weighted by atomic mass is 16.6. The van der Waals surface area contributed by atoms with Crippen LogP contribution in [-0.2, 0) is 41.8 Å². The first-order valence-corrected chi connectivity index (χ1v) is 17.2. The fourth-order valence-electron chi connectivity index (χ4n) is 5.20. The van der Waals surface area contributed by atoms with Gasteiger partial charge >= 0.3 is 30.3 Å². The topological polar surface area (TPSA) is 185 Å². The molecule has 2 unspecified atom stereocenters. The molecule has 2 fully saturated rings. The Hall–Kier alpha value is -5.54. The van der Waals surface area contributed by atoms with Gasteiger partial charge in [-0.25, -0.2) is 24.0 Å². The Morgan fingerprint density at radius 1 is 0.623 bits per heavy atom. The fourth-order valence-corrected chi connectivity index (χ4v) is 5.20. The van der Waals surface area contributed by atoms with Crippen molar-refractivity contribution < 1.29 is 52.8 Å². The number of ether oxygens (including phenoxy) is 4. The molecular weight excluding hydrogens is 690 g/mol. The second-order valence-corrected chi connectivity index (χ2v) is 14.3. The van der Waals surface area contributed by atoms with Gasteiger partial charge in [0.25, 0.3) is 0 Å². The molecule has 2 N–H and O–H groups in total. The number of aliphatic carboxylic acids is 1. The molecule has 2 aliphatic rings. The van der Waals surface area contributed by atoms with Crippen LogP contribution in [0.15, 0.2) is 60.7 Å². The first-order chi connectivity index (χ1) is 24.9. The highest BCUT2D eigenvalue weighted by Gasteiger charge is 2.40. The van der Waals surface area contributed by atoms with Gasteiger partial charge in [0.05, 0.1) is 13.1 Å². The molecule has 53 heavy (non-hydrogen) atoms. The van der Waals surface area contributed by atoms with Crippen LogP contribution in [0.25, 0.3) is 0 Å². The van der Waals surface area contributed by atoms with Gasteiger partial charge in [-0.15, -0.1) is 0 Å². The van der Waals surface area contributed by atoms with Crippen LogP contribution in [0.1, 0.15) is 52.7 Å². The van der Waals surface area contributed by atoms with E-state index in [0.717, 1.165) is 16.0 Å². The summed E-state index contributed by atoms with van der Waals surface area (Å²) in [7, 11) is 1.49. The SMILES string of the molecule is CC(C)(C)OC(=O)N1CCN(C(=O)OCc2ccccc2)CC1C(=O)O.CNC(=O)C1CN(C(=O)OCc2ccccc2)CCN1C(=O)OC(C)(C)C. The van der Waals surface area contributed by atoms with Crippen molar-refractivity contribution >= 4 is 36.2 Å². The molecule has 5 amide bonds. The molecule has 16 nitrogen and oxygen atoms in total. The predicted molar refractivity (Wildman–Crippen MR) is 192 cm³/mol. The molecule has 0 aromatic heterocycles. The number of likely N-dealkylation sites (N-methyl/N-ethyl adjacent to an activating group) is 1. The summed E-state index contributed by atoms with van der Waals surface area (Å²) in [6, 6.07) is 16.5. The number of benzene rings is 2. The lowest BCUT2D eigenvalue weighted by molar-refractivity contribution is -0.145. The lowest BCUT2D eigenvalue weighted by Gasteiger charge is -2.40. The molecule has 0 aliphatic carbocycles. The number of nitrogens with zero attached hydrogens (tertiary/aromatic N) is 4.